The van der Waals surface area contributed by atoms with Crippen LogP contribution in [0.2, 0.25) is 0 Å². The number of amides is 3. The number of nitrogens with two attached hydrogens (primary N) is 1. The van der Waals surface area contributed by atoms with Crippen molar-refractivity contribution >= 4 is 41.4 Å². The summed E-state index contributed by atoms with van der Waals surface area (Å²) in [5.74, 6) is -4.03. The Bertz CT molecular complexity index is 677. The van der Waals surface area contributed by atoms with Gasteiger partial charge in [-0.25, -0.2) is 4.79 Å². The van der Waals surface area contributed by atoms with Gasteiger partial charge in [0.2, 0.25) is 17.7 Å². The first-order valence-corrected chi connectivity index (χ1v) is 11.2. The number of aliphatic carboxylic acids is 2. The summed E-state index contributed by atoms with van der Waals surface area (Å²) in [5, 5.41) is 32.4. The van der Waals surface area contributed by atoms with Gasteiger partial charge in [-0.3, -0.25) is 19.2 Å². The van der Waals surface area contributed by atoms with Gasteiger partial charge in [-0.2, -0.15) is 11.8 Å². The lowest BCUT2D eigenvalue weighted by molar-refractivity contribution is -0.150. The molecule has 1 heterocycles. The van der Waals surface area contributed by atoms with E-state index in [4.69, 9.17) is 10.8 Å². The van der Waals surface area contributed by atoms with E-state index in [9.17, 15) is 34.2 Å². The van der Waals surface area contributed by atoms with Crippen LogP contribution in [0, 0.1) is 0 Å². The fourth-order valence-corrected chi connectivity index (χ4v) is 3.63. The summed E-state index contributed by atoms with van der Waals surface area (Å²) >= 11 is 1.49. The molecule has 0 bridgehead atoms. The zero-order valence-electron chi connectivity index (χ0n) is 17.3. The van der Waals surface area contributed by atoms with Gasteiger partial charge in [-0.1, -0.05) is 0 Å². The molecule has 0 aromatic carbocycles. The van der Waals surface area contributed by atoms with Crippen LogP contribution in [0.1, 0.15) is 32.1 Å². The number of aliphatic hydroxyl groups is 1. The Kier molecular flexibility index (Phi) is 11.3. The topological polar surface area (TPSA) is 199 Å². The van der Waals surface area contributed by atoms with E-state index in [-0.39, 0.29) is 19.4 Å². The predicted molar refractivity (Wildman–Crippen MR) is 111 cm³/mol. The molecule has 176 valence electrons. The molecule has 4 unspecified atom stereocenters. The zero-order chi connectivity index (χ0) is 23.6. The van der Waals surface area contributed by atoms with Crippen LogP contribution >= 0.6 is 11.8 Å². The number of hydrogen-bond acceptors (Lipinski definition) is 8. The fourth-order valence-electron chi connectivity index (χ4n) is 3.14. The highest BCUT2D eigenvalue weighted by atomic mass is 32.2. The van der Waals surface area contributed by atoms with Gasteiger partial charge in [0.05, 0.1) is 12.6 Å². The minimum atomic E-state index is -1.43. The highest BCUT2D eigenvalue weighted by Gasteiger charge is 2.38. The van der Waals surface area contributed by atoms with E-state index in [1.165, 1.54) is 11.8 Å². The van der Waals surface area contributed by atoms with Crippen molar-refractivity contribution < 1.29 is 39.3 Å². The van der Waals surface area contributed by atoms with Crippen LogP contribution in [0.4, 0.5) is 0 Å². The van der Waals surface area contributed by atoms with Crippen molar-refractivity contribution in [2.75, 3.05) is 25.2 Å². The van der Waals surface area contributed by atoms with Gasteiger partial charge >= 0.3 is 11.9 Å². The minimum Gasteiger partial charge on any atom is -0.481 e. The Hall–Kier alpha value is -2.38. The maximum absolute atomic E-state index is 12.7. The van der Waals surface area contributed by atoms with Gasteiger partial charge in [-0.15, -0.1) is 0 Å². The Morgan fingerprint density at radius 3 is 2.29 bits per heavy atom. The van der Waals surface area contributed by atoms with Gasteiger partial charge in [0.25, 0.3) is 0 Å². The average Bonchev–Trinajstić information content (AvgIpc) is 3.22. The molecule has 1 fully saturated rings. The van der Waals surface area contributed by atoms with Crippen molar-refractivity contribution in [3.63, 3.8) is 0 Å². The van der Waals surface area contributed by atoms with Crippen LogP contribution in [0.3, 0.4) is 0 Å². The number of likely N-dealkylation sites (tertiary alicyclic amines) is 1. The molecule has 1 aliphatic rings. The molecular weight excluding hydrogens is 432 g/mol. The molecule has 0 aromatic rings. The molecule has 12 nitrogen and oxygen atoms in total. The van der Waals surface area contributed by atoms with Crippen molar-refractivity contribution in [3.05, 3.63) is 0 Å². The summed E-state index contributed by atoms with van der Waals surface area (Å²) in [6.07, 6.45) is 2.25. The second-order valence-electron chi connectivity index (χ2n) is 7.15. The second-order valence-corrected chi connectivity index (χ2v) is 8.14. The number of rotatable bonds is 13. The number of carboxylic acid groups (broad SMARTS) is 2. The van der Waals surface area contributed by atoms with E-state index in [2.05, 4.69) is 10.6 Å². The molecule has 0 radical (unpaired) electrons. The standard InChI is InChI=1S/C18H30N4O8S/c1-31-8-6-10(19)15(26)20-11(4-5-14(24)25)16(27)21-12(9-23)17(28)22-7-2-3-13(22)18(29)30/h10-13,23H,2-9,19H2,1H3,(H,20,26)(H,21,27)(H,24,25)(H,29,30). The zero-order valence-corrected chi connectivity index (χ0v) is 18.1. The number of nitrogens with zero attached hydrogens (tertiary/aromatic N) is 1. The van der Waals surface area contributed by atoms with Gasteiger partial charge in [-0.05, 0) is 37.7 Å². The third kappa shape index (κ3) is 8.34. The van der Waals surface area contributed by atoms with E-state index in [1.807, 2.05) is 6.26 Å². The maximum atomic E-state index is 12.7. The molecule has 0 aromatic heterocycles. The van der Waals surface area contributed by atoms with Gasteiger partial charge < -0.3 is 36.6 Å². The van der Waals surface area contributed by atoms with Gasteiger partial charge in [0, 0.05) is 13.0 Å². The Morgan fingerprint density at radius 1 is 1.10 bits per heavy atom. The summed E-state index contributed by atoms with van der Waals surface area (Å²) in [5.41, 5.74) is 5.78. The first kappa shape index (κ1) is 26.7. The van der Waals surface area contributed by atoms with Crippen molar-refractivity contribution in [2.24, 2.45) is 5.73 Å². The maximum Gasteiger partial charge on any atom is 0.326 e. The summed E-state index contributed by atoms with van der Waals surface area (Å²) in [6, 6.07) is -4.67. The third-order valence-electron chi connectivity index (χ3n) is 4.87. The molecule has 0 spiro atoms. The predicted octanol–water partition coefficient (Wildman–Crippen LogP) is -2.03. The van der Waals surface area contributed by atoms with E-state index in [1.54, 1.807) is 0 Å². The van der Waals surface area contributed by atoms with Crippen molar-refractivity contribution in [1.82, 2.24) is 15.5 Å². The molecule has 13 heteroatoms. The Labute approximate surface area is 183 Å². The number of nitrogens with one attached hydrogen (secondary N) is 2. The largest absolute Gasteiger partial charge is 0.481 e. The molecular formula is C18H30N4O8S. The van der Waals surface area contributed by atoms with Gasteiger partial charge in [0.1, 0.15) is 18.1 Å². The van der Waals surface area contributed by atoms with Gasteiger partial charge in [0.15, 0.2) is 0 Å². The van der Waals surface area contributed by atoms with Crippen LogP contribution < -0.4 is 16.4 Å². The lowest BCUT2D eigenvalue weighted by atomic mass is 10.1. The molecule has 4 atom stereocenters. The first-order valence-electron chi connectivity index (χ1n) is 9.83. The number of thioether (sulfide) groups is 1. The minimum absolute atomic E-state index is 0.172. The smallest absolute Gasteiger partial charge is 0.326 e. The molecule has 31 heavy (non-hydrogen) atoms. The molecule has 1 saturated heterocycles. The first-order chi connectivity index (χ1) is 14.6. The number of carbonyl (C=O) groups is 5. The van der Waals surface area contributed by atoms with Crippen LogP contribution in [0.25, 0.3) is 0 Å². The number of hydrogen-bond donors (Lipinski definition) is 6. The monoisotopic (exact) mass is 462 g/mol. The summed E-state index contributed by atoms with van der Waals surface area (Å²) in [4.78, 5) is 60.9. The van der Waals surface area contributed by atoms with E-state index in [0.717, 1.165) is 4.90 Å². The van der Waals surface area contributed by atoms with Crippen molar-refractivity contribution in [2.45, 2.75) is 56.3 Å². The summed E-state index contributed by atoms with van der Waals surface area (Å²) < 4.78 is 0. The average molecular weight is 463 g/mol. The molecule has 0 saturated carbocycles. The SMILES string of the molecule is CSCCC(N)C(=O)NC(CCC(=O)O)C(=O)NC(CO)C(=O)N1CCCC1C(=O)O. The highest BCUT2D eigenvalue weighted by Crippen LogP contribution is 2.18. The third-order valence-corrected chi connectivity index (χ3v) is 5.51. The molecule has 1 aliphatic heterocycles. The van der Waals surface area contributed by atoms with Crippen LogP contribution in [0.15, 0.2) is 0 Å². The molecule has 7 N–H and O–H groups in total. The molecule has 1 rings (SSSR count). The summed E-state index contributed by atoms with van der Waals surface area (Å²) in [6.45, 7) is -0.619. The lowest BCUT2D eigenvalue weighted by Crippen LogP contribution is -2.58. The quantitative estimate of drug-likeness (QED) is 0.177. The lowest BCUT2D eigenvalue weighted by Gasteiger charge is -2.28. The second kappa shape index (κ2) is 13.1. The Morgan fingerprint density at radius 2 is 1.74 bits per heavy atom. The van der Waals surface area contributed by atoms with Crippen LogP contribution in [-0.2, 0) is 24.0 Å². The van der Waals surface area contributed by atoms with Crippen LogP contribution in [-0.4, -0.2) is 99.2 Å². The van der Waals surface area contributed by atoms with Crippen molar-refractivity contribution in [3.8, 4) is 0 Å². The molecule has 0 aliphatic carbocycles. The number of aliphatic hydroxyl groups excluding tert-OH is 1. The van der Waals surface area contributed by atoms with E-state index < -0.39 is 66.9 Å². The molecule has 3 amide bonds. The Balaban J connectivity index is 2.86. The van der Waals surface area contributed by atoms with E-state index in [0.29, 0.717) is 18.6 Å². The van der Waals surface area contributed by atoms with Crippen LogP contribution in [0.5, 0.6) is 0 Å². The number of carboxylic acids is 2. The van der Waals surface area contributed by atoms with Crippen molar-refractivity contribution in [1.29, 1.82) is 0 Å². The normalized spacial score (nSPS) is 18.7. The highest BCUT2D eigenvalue weighted by molar-refractivity contribution is 7.98. The number of carbonyl (C=O) groups excluding carboxylic acids is 3. The van der Waals surface area contributed by atoms with E-state index >= 15 is 0 Å². The summed E-state index contributed by atoms with van der Waals surface area (Å²) in [7, 11) is 0. The fraction of sp³-hybridized carbons (Fsp3) is 0.722.